The van der Waals surface area contributed by atoms with E-state index in [2.05, 4.69) is 33.1 Å². The number of rotatable bonds is 8. The lowest BCUT2D eigenvalue weighted by Gasteiger charge is -2.28. The van der Waals surface area contributed by atoms with E-state index in [1.807, 2.05) is 53.2 Å². The summed E-state index contributed by atoms with van der Waals surface area (Å²) in [6, 6.07) is 19.8. The van der Waals surface area contributed by atoms with Crippen LogP contribution >= 0.6 is 0 Å². The first-order valence-electron chi connectivity index (χ1n) is 11.0. The molecule has 0 saturated carbocycles. The Morgan fingerprint density at radius 3 is 2.34 bits per heavy atom. The highest BCUT2D eigenvalue weighted by Crippen LogP contribution is 2.16. The van der Waals surface area contributed by atoms with E-state index in [4.69, 9.17) is 0 Å². The molecule has 8 heteroatoms. The fourth-order valence-corrected chi connectivity index (χ4v) is 3.75. The smallest absolute Gasteiger partial charge is 0.317 e. The van der Waals surface area contributed by atoms with Crippen LogP contribution in [-0.4, -0.2) is 44.9 Å². The van der Waals surface area contributed by atoms with Gasteiger partial charge in [0.2, 0.25) is 5.91 Å². The van der Waals surface area contributed by atoms with Crippen LogP contribution in [0.1, 0.15) is 28.9 Å². The summed E-state index contributed by atoms with van der Waals surface area (Å²) in [6.07, 6.45) is 1.63. The molecule has 0 radical (unpaired) electrons. The maximum Gasteiger partial charge on any atom is 0.317 e. The summed E-state index contributed by atoms with van der Waals surface area (Å²) in [5.41, 5.74) is 3.95. The average molecular weight is 433 g/mol. The Balaban J connectivity index is 1.25. The number of fused-ring (bicyclic) bond motifs is 1. The second-order valence-corrected chi connectivity index (χ2v) is 7.86. The van der Waals surface area contributed by atoms with Gasteiger partial charge in [-0.2, -0.15) is 0 Å². The molecule has 2 heterocycles. The molecule has 3 aromatic rings. The molecule has 8 nitrogen and oxygen atoms in total. The normalized spacial score (nSPS) is 12.8. The molecular formula is C24H28N6O2. The molecule has 3 amide bonds. The van der Waals surface area contributed by atoms with Gasteiger partial charge in [-0.3, -0.25) is 4.79 Å². The van der Waals surface area contributed by atoms with Gasteiger partial charge in [-0.1, -0.05) is 65.9 Å². The highest BCUT2D eigenvalue weighted by Gasteiger charge is 2.25. The number of amides is 3. The van der Waals surface area contributed by atoms with Gasteiger partial charge < -0.3 is 15.5 Å². The van der Waals surface area contributed by atoms with Gasteiger partial charge in [-0.15, -0.1) is 5.10 Å². The fraction of sp³-hybridized carbons (Fsp3) is 0.333. The molecule has 0 bridgehead atoms. The molecule has 1 aliphatic rings. The van der Waals surface area contributed by atoms with Gasteiger partial charge in [0, 0.05) is 32.5 Å². The van der Waals surface area contributed by atoms with Gasteiger partial charge in [0.25, 0.3) is 0 Å². The summed E-state index contributed by atoms with van der Waals surface area (Å²) < 4.78 is 1.84. The molecule has 166 valence electrons. The maximum atomic E-state index is 12.6. The van der Waals surface area contributed by atoms with Gasteiger partial charge in [-0.05, 0) is 17.5 Å². The van der Waals surface area contributed by atoms with Crippen LogP contribution in [-0.2, 0) is 37.3 Å². The number of hydrogen-bond acceptors (Lipinski definition) is 4. The van der Waals surface area contributed by atoms with Crippen molar-refractivity contribution in [3.8, 4) is 0 Å². The number of hydrogen-bond donors (Lipinski definition) is 2. The van der Waals surface area contributed by atoms with Crippen molar-refractivity contribution in [1.29, 1.82) is 0 Å². The van der Waals surface area contributed by atoms with Crippen LogP contribution in [0.4, 0.5) is 4.79 Å². The Kier molecular flexibility index (Phi) is 7.12. The predicted molar refractivity (Wildman–Crippen MR) is 121 cm³/mol. The van der Waals surface area contributed by atoms with Crippen molar-refractivity contribution in [1.82, 2.24) is 30.5 Å². The Morgan fingerprint density at radius 2 is 1.59 bits per heavy atom. The van der Waals surface area contributed by atoms with Crippen molar-refractivity contribution >= 4 is 11.9 Å². The third kappa shape index (κ3) is 5.72. The molecule has 0 fully saturated rings. The Hall–Kier alpha value is -3.68. The molecule has 0 saturated heterocycles. The van der Waals surface area contributed by atoms with Crippen LogP contribution in [0.15, 0.2) is 60.7 Å². The summed E-state index contributed by atoms with van der Waals surface area (Å²) in [4.78, 5) is 26.6. The minimum Gasteiger partial charge on any atom is -0.352 e. The van der Waals surface area contributed by atoms with E-state index in [-0.39, 0.29) is 11.9 Å². The van der Waals surface area contributed by atoms with E-state index in [0.29, 0.717) is 45.6 Å². The summed E-state index contributed by atoms with van der Waals surface area (Å²) >= 11 is 0. The summed E-state index contributed by atoms with van der Waals surface area (Å²) in [5.74, 6) is -0.0260. The van der Waals surface area contributed by atoms with Crippen LogP contribution in [0.3, 0.4) is 0 Å². The van der Waals surface area contributed by atoms with E-state index < -0.39 is 0 Å². The van der Waals surface area contributed by atoms with Gasteiger partial charge >= 0.3 is 6.03 Å². The minimum atomic E-state index is -0.0834. The lowest BCUT2D eigenvalue weighted by molar-refractivity contribution is -0.121. The van der Waals surface area contributed by atoms with Crippen molar-refractivity contribution in [2.45, 2.75) is 38.9 Å². The van der Waals surface area contributed by atoms with Crippen LogP contribution in [0.25, 0.3) is 0 Å². The van der Waals surface area contributed by atoms with E-state index in [0.717, 1.165) is 23.4 Å². The Morgan fingerprint density at radius 1 is 0.875 bits per heavy atom. The van der Waals surface area contributed by atoms with Crippen LogP contribution in [0, 0.1) is 0 Å². The van der Waals surface area contributed by atoms with Crippen molar-refractivity contribution in [2.24, 2.45) is 0 Å². The maximum absolute atomic E-state index is 12.6. The van der Waals surface area contributed by atoms with E-state index >= 15 is 0 Å². The largest absolute Gasteiger partial charge is 0.352 e. The molecule has 0 spiro atoms. The van der Waals surface area contributed by atoms with E-state index in [9.17, 15) is 9.59 Å². The van der Waals surface area contributed by atoms with Gasteiger partial charge in [0.15, 0.2) is 0 Å². The fourth-order valence-electron chi connectivity index (χ4n) is 3.75. The van der Waals surface area contributed by atoms with Crippen molar-refractivity contribution in [3.63, 3.8) is 0 Å². The quantitative estimate of drug-likeness (QED) is 0.571. The minimum absolute atomic E-state index is 0.0260. The zero-order chi connectivity index (χ0) is 22.2. The first-order chi connectivity index (χ1) is 15.7. The second kappa shape index (κ2) is 10.6. The number of nitrogens with one attached hydrogen (secondary N) is 2. The number of benzene rings is 2. The average Bonchev–Trinajstić information content (AvgIpc) is 3.25. The topological polar surface area (TPSA) is 92.2 Å². The second-order valence-electron chi connectivity index (χ2n) is 7.86. The third-order valence-corrected chi connectivity index (χ3v) is 5.58. The van der Waals surface area contributed by atoms with Crippen molar-refractivity contribution in [3.05, 3.63) is 83.2 Å². The van der Waals surface area contributed by atoms with Crippen molar-refractivity contribution in [2.75, 3.05) is 13.1 Å². The van der Waals surface area contributed by atoms with Crippen LogP contribution in [0.5, 0.6) is 0 Å². The van der Waals surface area contributed by atoms with Crippen molar-refractivity contribution < 1.29 is 9.59 Å². The molecule has 0 aliphatic carbocycles. The number of aryl methyl sites for hydroxylation is 1. The zero-order valence-corrected chi connectivity index (χ0v) is 18.0. The number of carbonyl (C=O) groups excluding carboxylic acids is 2. The molecule has 4 rings (SSSR count). The summed E-state index contributed by atoms with van der Waals surface area (Å²) in [7, 11) is 0. The standard InChI is InChI=1S/C24H28N6O2/c31-23(26-17-20-9-5-2-6-10-20)12-11-21-22-18-29(15-16-30(22)28-27-21)24(32)25-14-13-19-7-3-1-4-8-19/h1-10H,11-18H2,(H,25,32)(H,26,31). The summed E-state index contributed by atoms with van der Waals surface area (Å²) in [6.45, 7) is 2.74. The molecule has 2 N–H and O–H groups in total. The molecule has 32 heavy (non-hydrogen) atoms. The number of carbonyl (C=O) groups is 2. The highest BCUT2D eigenvalue weighted by molar-refractivity contribution is 5.76. The Bertz CT molecular complexity index is 1040. The summed E-state index contributed by atoms with van der Waals surface area (Å²) in [5, 5.41) is 14.4. The Labute approximate surface area is 187 Å². The molecule has 1 aromatic heterocycles. The molecule has 0 atom stereocenters. The first-order valence-corrected chi connectivity index (χ1v) is 11.0. The molecule has 0 unspecified atom stereocenters. The lowest BCUT2D eigenvalue weighted by atomic mass is 10.1. The number of nitrogens with zero attached hydrogens (tertiary/aromatic N) is 4. The third-order valence-electron chi connectivity index (χ3n) is 5.58. The highest BCUT2D eigenvalue weighted by atomic mass is 16.2. The molecule has 1 aliphatic heterocycles. The molecular weight excluding hydrogens is 404 g/mol. The van der Waals surface area contributed by atoms with E-state index in [1.54, 1.807) is 4.90 Å². The SMILES string of the molecule is O=C(CCc1nnn2c1CN(C(=O)NCCc1ccccc1)CC2)NCc1ccccc1. The van der Waals surface area contributed by atoms with Crippen LogP contribution < -0.4 is 10.6 Å². The lowest BCUT2D eigenvalue weighted by Crippen LogP contribution is -2.45. The zero-order valence-electron chi connectivity index (χ0n) is 18.0. The molecule has 2 aromatic carbocycles. The van der Waals surface area contributed by atoms with Gasteiger partial charge in [-0.25, -0.2) is 9.48 Å². The van der Waals surface area contributed by atoms with Crippen LogP contribution in [0.2, 0.25) is 0 Å². The first kappa shape index (κ1) is 21.5. The van der Waals surface area contributed by atoms with Gasteiger partial charge in [0.1, 0.15) is 0 Å². The number of urea groups is 1. The van der Waals surface area contributed by atoms with Gasteiger partial charge in [0.05, 0.1) is 24.5 Å². The monoisotopic (exact) mass is 432 g/mol. The number of aromatic nitrogens is 3. The predicted octanol–water partition coefficient (Wildman–Crippen LogP) is 2.29. The van der Waals surface area contributed by atoms with E-state index in [1.165, 1.54) is 5.56 Å².